The minimum Gasteiger partial charge on any atom is -0.493 e. The van der Waals surface area contributed by atoms with Gasteiger partial charge in [0.15, 0.2) is 16.6 Å². The predicted molar refractivity (Wildman–Crippen MR) is 101 cm³/mol. The third-order valence-corrected chi connectivity index (χ3v) is 3.86. The number of hydrogen-bond donors (Lipinski definition) is 2. The van der Waals surface area contributed by atoms with Crippen LogP contribution in [0.1, 0.15) is 12.5 Å². The Morgan fingerprint density at radius 1 is 1.13 bits per heavy atom. The molecule has 0 bridgehead atoms. The van der Waals surface area contributed by atoms with Crippen LogP contribution < -0.4 is 20.1 Å². The van der Waals surface area contributed by atoms with Crippen molar-refractivity contribution < 1.29 is 9.47 Å². The SMILES string of the molecule is CCOc1cc(CNC(=S)Nc2ccc(Br)cc2)ccc1OC. The maximum Gasteiger partial charge on any atom is 0.171 e. The van der Waals surface area contributed by atoms with Crippen LogP contribution in [-0.2, 0) is 6.54 Å². The molecule has 0 aliphatic heterocycles. The molecule has 0 saturated carbocycles. The molecule has 4 nitrogen and oxygen atoms in total. The van der Waals surface area contributed by atoms with Gasteiger partial charge in [0.05, 0.1) is 13.7 Å². The molecule has 0 radical (unpaired) electrons. The molecule has 0 amide bonds. The molecule has 0 aliphatic carbocycles. The number of benzene rings is 2. The Morgan fingerprint density at radius 2 is 1.87 bits per heavy atom. The molecule has 0 aromatic heterocycles. The fourth-order valence-corrected chi connectivity index (χ4v) is 2.44. The molecule has 2 N–H and O–H groups in total. The molecular weight excluding hydrogens is 376 g/mol. The summed E-state index contributed by atoms with van der Waals surface area (Å²) in [5.41, 5.74) is 2.00. The first-order chi connectivity index (χ1) is 11.1. The summed E-state index contributed by atoms with van der Waals surface area (Å²) in [6, 6.07) is 13.7. The highest BCUT2D eigenvalue weighted by Gasteiger charge is 2.06. The number of rotatable bonds is 6. The lowest BCUT2D eigenvalue weighted by Gasteiger charge is -2.13. The van der Waals surface area contributed by atoms with Crippen molar-refractivity contribution in [3.63, 3.8) is 0 Å². The van der Waals surface area contributed by atoms with Gasteiger partial charge in [-0.25, -0.2) is 0 Å². The summed E-state index contributed by atoms with van der Waals surface area (Å²) >= 11 is 8.72. The normalized spacial score (nSPS) is 10.0. The molecule has 2 aromatic carbocycles. The molecule has 23 heavy (non-hydrogen) atoms. The number of halogens is 1. The average Bonchev–Trinajstić information content (AvgIpc) is 2.56. The van der Waals surface area contributed by atoms with Crippen molar-refractivity contribution in [2.75, 3.05) is 19.0 Å². The fourth-order valence-electron chi connectivity index (χ4n) is 1.99. The van der Waals surface area contributed by atoms with E-state index in [0.717, 1.165) is 27.2 Å². The molecule has 0 aliphatic rings. The summed E-state index contributed by atoms with van der Waals surface area (Å²) < 4.78 is 11.9. The highest BCUT2D eigenvalue weighted by atomic mass is 79.9. The molecule has 0 heterocycles. The Balaban J connectivity index is 1.93. The zero-order chi connectivity index (χ0) is 16.7. The smallest absolute Gasteiger partial charge is 0.171 e. The largest absolute Gasteiger partial charge is 0.493 e. The van der Waals surface area contributed by atoms with E-state index in [1.165, 1.54) is 0 Å². The first-order valence-electron chi connectivity index (χ1n) is 7.22. The number of nitrogens with one attached hydrogen (secondary N) is 2. The van der Waals surface area contributed by atoms with Gasteiger partial charge in [-0.3, -0.25) is 0 Å². The van der Waals surface area contributed by atoms with Crippen LogP contribution in [0.5, 0.6) is 11.5 Å². The van der Waals surface area contributed by atoms with Gasteiger partial charge in [0.1, 0.15) is 0 Å². The van der Waals surface area contributed by atoms with Crippen molar-refractivity contribution in [1.29, 1.82) is 0 Å². The molecule has 0 spiro atoms. The lowest BCUT2D eigenvalue weighted by atomic mass is 10.2. The van der Waals surface area contributed by atoms with Crippen LogP contribution in [0.25, 0.3) is 0 Å². The van der Waals surface area contributed by atoms with Gasteiger partial charge < -0.3 is 20.1 Å². The maximum atomic E-state index is 5.58. The number of anilines is 1. The van der Waals surface area contributed by atoms with Crippen LogP contribution in [0.15, 0.2) is 46.9 Å². The minimum absolute atomic E-state index is 0.570. The summed E-state index contributed by atoms with van der Waals surface area (Å²) in [6.45, 7) is 3.14. The topological polar surface area (TPSA) is 42.5 Å². The van der Waals surface area contributed by atoms with Gasteiger partial charge in [-0.15, -0.1) is 0 Å². The quantitative estimate of drug-likeness (QED) is 0.713. The zero-order valence-corrected chi connectivity index (χ0v) is 15.5. The number of methoxy groups -OCH3 is 1. The van der Waals surface area contributed by atoms with E-state index in [-0.39, 0.29) is 0 Å². The van der Waals surface area contributed by atoms with Gasteiger partial charge in [-0.05, 0) is 61.1 Å². The Bertz CT molecular complexity index is 662. The van der Waals surface area contributed by atoms with Crippen molar-refractivity contribution in [2.45, 2.75) is 13.5 Å². The Labute approximate surface area is 150 Å². The molecule has 0 atom stereocenters. The first-order valence-corrected chi connectivity index (χ1v) is 8.42. The standard InChI is InChI=1S/C17H19BrN2O2S/c1-3-22-16-10-12(4-9-15(16)21-2)11-19-17(23)20-14-7-5-13(18)6-8-14/h4-10H,3,11H2,1-2H3,(H2,19,20,23). The van der Waals surface area contributed by atoms with E-state index >= 15 is 0 Å². The van der Waals surface area contributed by atoms with E-state index in [9.17, 15) is 0 Å². The van der Waals surface area contributed by atoms with Crippen LogP contribution in [0.2, 0.25) is 0 Å². The van der Waals surface area contributed by atoms with Crippen LogP contribution >= 0.6 is 28.1 Å². The second-order valence-corrected chi connectivity index (χ2v) is 6.06. The van der Waals surface area contributed by atoms with E-state index in [4.69, 9.17) is 21.7 Å². The van der Waals surface area contributed by atoms with Crippen molar-refractivity contribution in [2.24, 2.45) is 0 Å². The molecule has 6 heteroatoms. The molecule has 122 valence electrons. The van der Waals surface area contributed by atoms with Gasteiger partial charge in [-0.2, -0.15) is 0 Å². The Kier molecular flexibility index (Phi) is 6.67. The summed E-state index contributed by atoms with van der Waals surface area (Å²) in [7, 11) is 1.63. The van der Waals surface area contributed by atoms with Gasteiger partial charge in [0.2, 0.25) is 0 Å². The minimum atomic E-state index is 0.570. The monoisotopic (exact) mass is 394 g/mol. The van der Waals surface area contributed by atoms with Gasteiger partial charge in [-0.1, -0.05) is 22.0 Å². The predicted octanol–water partition coefficient (Wildman–Crippen LogP) is 4.34. The first kappa shape index (κ1) is 17.6. The fraction of sp³-hybridized carbons (Fsp3) is 0.235. The third-order valence-electron chi connectivity index (χ3n) is 3.08. The number of hydrogen-bond acceptors (Lipinski definition) is 3. The van der Waals surface area contributed by atoms with E-state index in [1.54, 1.807) is 7.11 Å². The molecule has 2 rings (SSSR count). The van der Waals surface area contributed by atoms with Crippen LogP contribution in [0.4, 0.5) is 5.69 Å². The van der Waals surface area contributed by atoms with Gasteiger partial charge in [0.25, 0.3) is 0 Å². The Hall–Kier alpha value is -1.79. The molecular formula is C17H19BrN2O2S. The van der Waals surface area contributed by atoms with Gasteiger partial charge >= 0.3 is 0 Å². The van der Waals surface area contributed by atoms with E-state index in [0.29, 0.717) is 18.3 Å². The van der Waals surface area contributed by atoms with Crippen LogP contribution in [-0.4, -0.2) is 18.8 Å². The van der Waals surface area contributed by atoms with Crippen LogP contribution in [0.3, 0.4) is 0 Å². The Morgan fingerprint density at radius 3 is 2.52 bits per heavy atom. The second kappa shape index (κ2) is 8.74. The highest BCUT2D eigenvalue weighted by molar-refractivity contribution is 9.10. The number of ether oxygens (including phenoxy) is 2. The lowest BCUT2D eigenvalue weighted by Crippen LogP contribution is -2.27. The summed E-state index contributed by atoms with van der Waals surface area (Å²) in [4.78, 5) is 0. The van der Waals surface area contributed by atoms with E-state index < -0.39 is 0 Å². The zero-order valence-electron chi connectivity index (χ0n) is 13.1. The number of thiocarbonyl (C=S) groups is 1. The van der Waals surface area contributed by atoms with E-state index in [2.05, 4.69) is 26.6 Å². The summed E-state index contributed by atoms with van der Waals surface area (Å²) in [6.07, 6.45) is 0. The molecule has 2 aromatic rings. The summed E-state index contributed by atoms with van der Waals surface area (Å²) in [5.74, 6) is 1.47. The van der Waals surface area contributed by atoms with Crippen molar-refractivity contribution in [1.82, 2.24) is 5.32 Å². The molecule has 0 fully saturated rings. The van der Waals surface area contributed by atoms with Crippen LogP contribution in [0, 0.1) is 0 Å². The molecule has 0 saturated heterocycles. The summed E-state index contributed by atoms with van der Waals surface area (Å²) in [5, 5.41) is 6.90. The highest BCUT2D eigenvalue weighted by Crippen LogP contribution is 2.28. The van der Waals surface area contributed by atoms with E-state index in [1.807, 2.05) is 49.4 Å². The molecule has 0 unspecified atom stereocenters. The average molecular weight is 395 g/mol. The lowest BCUT2D eigenvalue weighted by molar-refractivity contribution is 0.310. The van der Waals surface area contributed by atoms with Gasteiger partial charge in [0, 0.05) is 16.7 Å². The maximum absolute atomic E-state index is 5.58. The van der Waals surface area contributed by atoms with Crippen molar-refractivity contribution in [3.05, 3.63) is 52.5 Å². The third kappa shape index (κ3) is 5.41. The van der Waals surface area contributed by atoms with Crippen molar-refractivity contribution in [3.8, 4) is 11.5 Å². The van der Waals surface area contributed by atoms with Crippen molar-refractivity contribution >= 4 is 38.9 Å². The second-order valence-electron chi connectivity index (χ2n) is 4.73.